The minimum Gasteiger partial charge on any atom is -0.493 e. The summed E-state index contributed by atoms with van der Waals surface area (Å²) < 4.78 is 31.8. The predicted octanol–water partition coefficient (Wildman–Crippen LogP) is 1.40. The number of nitrogens with two attached hydrogens (primary N) is 1. The lowest BCUT2D eigenvalue weighted by atomic mass is 9.96. The molecule has 1 atom stereocenters. The molecule has 1 heterocycles. The molecular formula is C18H25F2N3O3. The van der Waals surface area contributed by atoms with Crippen molar-refractivity contribution in [1.29, 1.82) is 0 Å². The topological polar surface area (TPSA) is 84.7 Å². The quantitative estimate of drug-likeness (QED) is 0.726. The first kappa shape index (κ1) is 20.1. The Balaban J connectivity index is 1.75. The average Bonchev–Trinajstić information content (AvgIpc) is 2.67. The molecule has 1 aromatic rings. The summed E-state index contributed by atoms with van der Waals surface area (Å²) in [4.78, 5) is 26.0. The number of carbonyl (C=O) groups is 2. The molecule has 6 nitrogen and oxygen atoms in total. The van der Waals surface area contributed by atoms with E-state index >= 15 is 0 Å². The van der Waals surface area contributed by atoms with Crippen molar-refractivity contribution < 1.29 is 23.1 Å². The fourth-order valence-corrected chi connectivity index (χ4v) is 2.78. The van der Waals surface area contributed by atoms with Crippen LogP contribution in [0.3, 0.4) is 0 Å². The molecule has 0 aliphatic carbocycles. The Morgan fingerprint density at radius 3 is 2.73 bits per heavy atom. The Kier molecular flexibility index (Phi) is 7.32. The molecule has 0 saturated carbocycles. The van der Waals surface area contributed by atoms with E-state index in [0.717, 1.165) is 0 Å². The van der Waals surface area contributed by atoms with Gasteiger partial charge in [-0.2, -0.15) is 0 Å². The Hall–Kier alpha value is -2.22. The molecular weight excluding hydrogens is 344 g/mol. The van der Waals surface area contributed by atoms with E-state index in [9.17, 15) is 18.4 Å². The minimum absolute atomic E-state index is 0.106. The van der Waals surface area contributed by atoms with Gasteiger partial charge in [0.2, 0.25) is 11.8 Å². The van der Waals surface area contributed by atoms with Crippen LogP contribution in [0, 0.1) is 5.92 Å². The van der Waals surface area contributed by atoms with E-state index in [-0.39, 0.29) is 25.5 Å². The van der Waals surface area contributed by atoms with Crippen LogP contribution in [-0.2, 0) is 9.59 Å². The summed E-state index contributed by atoms with van der Waals surface area (Å²) in [6.07, 6.45) is 1.44. The molecule has 1 fully saturated rings. The third-order valence-corrected chi connectivity index (χ3v) is 4.29. The molecule has 8 heteroatoms. The monoisotopic (exact) mass is 369 g/mol. The molecule has 1 aliphatic rings. The van der Waals surface area contributed by atoms with Crippen LogP contribution in [0.15, 0.2) is 30.3 Å². The molecule has 1 saturated heterocycles. The Labute approximate surface area is 151 Å². The lowest BCUT2D eigenvalue weighted by Crippen LogP contribution is -2.48. The van der Waals surface area contributed by atoms with E-state index < -0.39 is 30.8 Å². The van der Waals surface area contributed by atoms with Crippen LogP contribution >= 0.6 is 0 Å². The Bertz CT molecular complexity index is 599. The second-order valence-electron chi connectivity index (χ2n) is 6.37. The standard InChI is InChI=1S/C18H25F2N3O3/c19-18(20,12-21)13-22-17(25)14-5-4-9-23(11-14)16(24)8-10-26-15-6-2-1-3-7-15/h1-3,6-7,14H,4-5,8-13,21H2,(H,22,25). The van der Waals surface area contributed by atoms with Gasteiger partial charge in [-0.1, -0.05) is 18.2 Å². The smallest absolute Gasteiger partial charge is 0.277 e. The first-order valence-corrected chi connectivity index (χ1v) is 8.72. The van der Waals surface area contributed by atoms with Crippen molar-refractivity contribution in [2.75, 3.05) is 32.8 Å². The van der Waals surface area contributed by atoms with Crippen LogP contribution in [0.4, 0.5) is 8.78 Å². The number of nitrogens with zero attached hydrogens (tertiary/aromatic N) is 1. The highest BCUT2D eigenvalue weighted by atomic mass is 19.3. The van der Waals surface area contributed by atoms with Gasteiger partial charge < -0.3 is 20.7 Å². The second-order valence-corrected chi connectivity index (χ2v) is 6.37. The van der Waals surface area contributed by atoms with Crippen molar-refractivity contribution in [2.24, 2.45) is 11.7 Å². The van der Waals surface area contributed by atoms with Crippen molar-refractivity contribution in [2.45, 2.75) is 25.2 Å². The van der Waals surface area contributed by atoms with Crippen molar-refractivity contribution in [3.63, 3.8) is 0 Å². The molecule has 0 radical (unpaired) electrons. The number of alkyl halides is 2. The SMILES string of the molecule is NCC(F)(F)CNC(=O)C1CCCN(C(=O)CCOc2ccccc2)C1. The molecule has 2 rings (SSSR count). The molecule has 1 aliphatic heterocycles. The summed E-state index contributed by atoms with van der Waals surface area (Å²) in [5.74, 6) is -3.47. The van der Waals surface area contributed by atoms with Gasteiger partial charge in [-0.15, -0.1) is 0 Å². The van der Waals surface area contributed by atoms with E-state index in [0.29, 0.717) is 25.1 Å². The zero-order chi connectivity index (χ0) is 19.0. The number of amides is 2. The van der Waals surface area contributed by atoms with Crippen molar-refractivity contribution in [3.8, 4) is 5.75 Å². The van der Waals surface area contributed by atoms with E-state index in [4.69, 9.17) is 10.5 Å². The highest BCUT2D eigenvalue weighted by Crippen LogP contribution is 2.18. The van der Waals surface area contributed by atoms with Gasteiger partial charge in [0.1, 0.15) is 5.75 Å². The molecule has 1 aromatic carbocycles. The predicted molar refractivity (Wildman–Crippen MR) is 92.9 cm³/mol. The highest BCUT2D eigenvalue weighted by Gasteiger charge is 2.31. The molecule has 3 N–H and O–H groups in total. The van der Waals surface area contributed by atoms with Crippen LogP contribution in [0.1, 0.15) is 19.3 Å². The van der Waals surface area contributed by atoms with Gasteiger partial charge in [-0.05, 0) is 25.0 Å². The van der Waals surface area contributed by atoms with Gasteiger partial charge in [-0.3, -0.25) is 9.59 Å². The first-order valence-electron chi connectivity index (χ1n) is 8.72. The summed E-state index contributed by atoms with van der Waals surface area (Å²) in [6.45, 7) is -0.544. The lowest BCUT2D eigenvalue weighted by Gasteiger charge is -2.32. The maximum Gasteiger partial charge on any atom is 0.277 e. The number of piperidine rings is 1. The largest absolute Gasteiger partial charge is 0.493 e. The fraction of sp³-hybridized carbons (Fsp3) is 0.556. The molecule has 2 amide bonds. The number of benzene rings is 1. The Morgan fingerprint density at radius 2 is 2.04 bits per heavy atom. The van der Waals surface area contributed by atoms with Gasteiger partial charge in [0.05, 0.1) is 32.0 Å². The summed E-state index contributed by atoms with van der Waals surface area (Å²) in [5, 5.41) is 2.24. The number of hydrogen-bond acceptors (Lipinski definition) is 4. The molecule has 0 bridgehead atoms. The molecule has 1 unspecified atom stereocenters. The third-order valence-electron chi connectivity index (χ3n) is 4.29. The highest BCUT2D eigenvalue weighted by molar-refractivity contribution is 5.81. The summed E-state index contributed by atoms with van der Waals surface area (Å²) in [6, 6.07) is 9.18. The number of carbonyl (C=O) groups excluding carboxylic acids is 2. The Morgan fingerprint density at radius 1 is 1.31 bits per heavy atom. The first-order chi connectivity index (χ1) is 12.4. The second kappa shape index (κ2) is 9.47. The average molecular weight is 369 g/mol. The van der Waals surface area contributed by atoms with Crippen LogP contribution < -0.4 is 15.8 Å². The van der Waals surface area contributed by atoms with Crippen molar-refractivity contribution in [1.82, 2.24) is 10.2 Å². The lowest BCUT2D eigenvalue weighted by molar-refractivity contribution is -0.136. The van der Waals surface area contributed by atoms with Gasteiger partial charge in [0.25, 0.3) is 5.92 Å². The van der Waals surface area contributed by atoms with Gasteiger partial charge in [-0.25, -0.2) is 8.78 Å². The number of hydrogen-bond donors (Lipinski definition) is 2. The van der Waals surface area contributed by atoms with E-state index in [2.05, 4.69) is 5.32 Å². The van der Waals surface area contributed by atoms with Crippen molar-refractivity contribution >= 4 is 11.8 Å². The maximum absolute atomic E-state index is 13.1. The third kappa shape index (κ3) is 6.25. The van der Waals surface area contributed by atoms with Gasteiger partial charge in [0, 0.05) is 13.1 Å². The van der Waals surface area contributed by atoms with Gasteiger partial charge >= 0.3 is 0 Å². The zero-order valence-corrected chi connectivity index (χ0v) is 14.6. The molecule has 0 spiro atoms. The number of nitrogens with one attached hydrogen (secondary N) is 1. The van der Waals surface area contributed by atoms with Crippen LogP contribution in [-0.4, -0.2) is 55.4 Å². The van der Waals surface area contributed by atoms with Gasteiger partial charge in [0.15, 0.2) is 0 Å². The van der Waals surface area contributed by atoms with E-state index in [1.54, 1.807) is 4.90 Å². The molecule has 26 heavy (non-hydrogen) atoms. The number of likely N-dealkylation sites (tertiary alicyclic amines) is 1. The molecule has 144 valence electrons. The number of ether oxygens (including phenoxy) is 1. The van der Waals surface area contributed by atoms with Crippen molar-refractivity contribution in [3.05, 3.63) is 30.3 Å². The van der Waals surface area contributed by atoms with E-state index in [1.807, 2.05) is 30.3 Å². The maximum atomic E-state index is 13.1. The minimum atomic E-state index is -3.12. The summed E-state index contributed by atoms with van der Waals surface area (Å²) >= 11 is 0. The number of rotatable bonds is 8. The van der Waals surface area contributed by atoms with Crippen LogP contribution in [0.25, 0.3) is 0 Å². The normalized spacial score (nSPS) is 17.7. The number of para-hydroxylation sites is 1. The summed E-state index contributed by atoms with van der Waals surface area (Å²) in [7, 11) is 0. The van der Waals surface area contributed by atoms with Crippen LogP contribution in [0.2, 0.25) is 0 Å². The summed E-state index contributed by atoms with van der Waals surface area (Å²) in [5.41, 5.74) is 4.96. The zero-order valence-electron chi connectivity index (χ0n) is 14.6. The van der Waals surface area contributed by atoms with Crippen LogP contribution in [0.5, 0.6) is 5.75 Å². The molecule has 0 aromatic heterocycles. The number of halogens is 2. The fourth-order valence-electron chi connectivity index (χ4n) is 2.78. The van der Waals surface area contributed by atoms with E-state index in [1.165, 1.54) is 0 Å².